The average molecular weight is 413 g/mol. The Labute approximate surface area is 175 Å². The van der Waals surface area contributed by atoms with Gasteiger partial charge in [-0.25, -0.2) is 4.79 Å². The molecule has 3 rings (SSSR count). The van der Waals surface area contributed by atoms with Gasteiger partial charge < -0.3 is 23.2 Å². The predicted molar refractivity (Wildman–Crippen MR) is 112 cm³/mol. The molecule has 0 aliphatic heterocycles. The number of fused-ring (bicyclic) bond motifs is 1. The lowest BCUT2D eigenvalue weighted by atomic mass is 10.1. The van der Waals surface area contributed by atoms with Crippen LogP contribution >= 0.6 is 0 Å². The number of furan rings is 1. The Bertz CT molecular complexity index is 1060. The van der Waals surface area contributed by atoms with Crippen molar-refractivity contribution in [1.29, 1.82) is 0 Å². The fourth-order valence-corrected chi connectivity index (χ4v) is 3.88. The number of aryl methyl sites for hydroxylation is 1. The first-order valence-corrected chi connectivity index (χ1v) is 9.76. The first kappa shape index (κ1) is 21.8. The molecule has 7 heteroatoms. The third kappa shape index (κ3) is 4.17. The van der Waals surface area contributed by atoms with Crippen molar-refractivity contribution >= 4 is 22.7 Å². The summed E-state index contributed by atoms with van der Waals surface area (Å²) in [5.41, 5.74) is 3.48. The van der Waals surface area contributed by atoms with E-state index in [-0.39, 0.29) is 30.8 Å². The van der Waals surface area contributed by atoms with E-state index in [4.69, 9.17) is 18.6 Å². The highest BCUT2D eigenvalue weighted by molar-refractivity contribution is 6.01. The molecular weight excluding hydrogens is 386 g/mol. The lowest BCUT2D eigenvalue weighted by molar-refractivity contribution is 0.0440. The summed E-state index contributed by atoms with van der Waals surface area (Å²) in [5.74, 6) is -0.894. The van der Waals surface area contributed by atoms with Crippen LogP contribution in [0.2, 0.25) is 0 Å². The SMILES string of the molecule is COCc1c(C(=O)OCC(=O)c2cc(C)n([C@@H](C)COC)c2C)oc2ccccc12. The predicted octanol–water partition coefficient (Wildman–Crippen LogP) is 4.24. The van der Waals surface area contributed by atoms with Gasteiger partial charge in [0.15, 0.2) is 6.61 Å². The second-order valence-corrected chi connectivity index (χ2v) is 7.30. The van der Waals surface area contributed by atoms with Crippen molar-refractivity contribution in [2.24, 2.45) is 0 Å². The van der Waals surface area contributed by atoms with E-state index in [2.05, 4.69) is 4.57 Å². The van der Waals surface area contributed by atoms with Gasteiger partial charge in [0, 0.05) is 42.1 Å². The summed E-state index contributed by atoms with van der Waals surface area (Å²) in [7, 11) is 3.19. The lowest BCUT2D eigenvalue weighted by Crippen LogP contribution is -2.17. The fourth-order valence-electron chi connectivity index (χ4n) is 3.88. The summed E-state index contributed by atoms with van der Waals surface area (Å²) >= 11 is 0. The van der Waals surface area contributed by atoms with Crippen LogP contribution in [0.5, 0.6) is 0 Å². The Balaban J connectivity index is 1.77. The average Bonchev–Trinajstić information content (AvgIpc) is 3.23. The molecule has 30 heavy (non-hydrogen) atoms. The summed E-state index contributed by atoms with van der Waals surface area (Å²) < 4.78 is 23.5. The maximum absolute atomic E-state index is 12.8. The number of esters is 1. The van der Waals surface area contributed by atoms with Crippen molar-refractivity contribution in [3.05, 3.63) is 58.6 Å². The van der Waals surface area contributed by atoms with Crippen LogP contribution in [0.3, 0.4) is 0 Å². The number of ether oxygens (including phenoxy) is 3. The summed E-state index contributed by atoms with van der Waals surface area (Å²) in [6.45, 7) is 6.21. The number of carbonyl (C=O) groups excluding carboxylic acids is 2. The van der Waals surface area contributed by atoms with E-state index in [1.807, 2.05) is 45.0 Å². The molecular formula is C23H27NO6. The molecule has 0 unspecified atom stereocenters. The van der Waals surface area contributed by atoms with Gasteiger partial charge in [-0.15, -0.1) is 0 Å². The zero-order valence-corrected chi connectivity index (χ0v) is 18.0. The molecule has 0 amide bonds. The Morgan fingerprint density at radius 2 is 1.87 bits per heavy atom. The Kier molecular flexibility index (Phi) is 6.74. The molecule has 0 spiro atoms. The molecule has 0 fully saturated rings. The topological polar surface area (TPSA) is 79.9 Å². The maximum atomic E-state index is 12.8. The number of methoxy groups -OCH3 is 2. The second-order valence-electron chi connectivity index (χ2n) is 7.30. The molecule has 0 aliphatic rings. The highest BCUT2D eigenvalue weighted by atomic mass is 16.5. The first-order chi connectivity index (χ1) is 14.4. The minimum absolute atomic E-state index is 0.0602. The minimum atomic E-state index is -0.687. The van der Waals surface area contributed by atoms with Crippen LogP contribution in [0.25, 0.3) is 11.0 Å². The smallest absolute Gasteiger partial charge is 0.375 e. The van der Waals surface area contributed by atoms with Gasteiger partial charge in [-0.1, -0.05) is 18.2 Å². The van der Waals surface area contributed by atoms with E-state index < -0.39 is 5.97 Å². The van der Waals surface area contributed by atoms with E-state index in [1.54, 1.807) is 20.3 Å². The molecule has 1 aromatic carbocycles. The third-order valence-electron chi connectivity index (χ3n) is 5.14. The van der Waals surface area contributed by atoms with Crippen LogP contribution in [0.4, 0.5) is 0 Å². The van der Waals surface area contributed by atoms with Crippen LogP contribution < -0.4 is 0 Å². The van der Waals surface area contributed by atoms with Crippen LogP contribution in [0.15, 0.2) is 34.7 Å². The van der Waals surface area contributed by atoms with Gasteiger partial charge in [0.1, 0.15) is 5.58 Å². The normalized spacial score (nSPS) is 12.3. The third-order valence-corrected chi connectivity index (χ3v) is 5.14. The molecule has 0 aliphatic carbocycles. The fraction of sp³-hybridized carbons (Fsp3) is 0.391. The molecule has 0 saturated heterocycles. The zero-order valence-electron chi connectivity index (χ0n) is 18.0. The van der Waals surface area contributed by atoms with Crippen molar-refractivity contribution in [3.8, 4) is 0 Å². The summed E-state index contributed by atoms with van der Waals surface area (Å²) in [6, 6.07) is 9.20. The summed E-state index contributed by atoms with van der Waals surface area (Å²) in [4.78, 5) is 25.4. The number of hydrogen-bond acceptors (Lipinski definition) is 6. The quantitative estimate of drug-likeness (QED) is 0.385. The molecule has 2 heterocycles. The van der Waals surface area contributed by atoms with E-state index in [1.165, 1.54) is 0 Å². The number of hydrogen-bond donors (Lipinski definition) is 0. The molecule has 0 N–H and O–H groups in total. The number of para-hydroxylation sites is 1. The van der Waals surface area contributed by atoms with E-state index >= 15 is 0 Å². The zero-order chi connectivity index (χ0) is 21.8. The second kappa shape index (κ2) is 9.28. The number of Topliss-reactive ketones (excluding diaryl/α,β-unsaturated/α-hetero) is 1. The molecule has 7 nitrogen and oxygen atoms in total. The number of aromatic nitrogens is 1. The minimum Gasteiger partial charge on any atom is -0.451 e. The largest absolute Gasteiger partial charge is 0.451 e. The first-order valence-electron chi connectivity index (χ1n) is 9.76. The maximum Gasteiger partial charge on any atom is 0.375 e. The molecule has 2 aromatic heterocycles. The van der Waals surface area contributed by atoms with Gasteiger partial charge in [-0.3, -0.25) is 4.79 Å². The highest BCUT2D eigenvalue weighted by Gasteiger charge is 2.24. The van der Waals surface area contributed by atoms with Gasteiger partial charge in [0.2, 0.25) is 11.5 Å². The number of carbonyl (C=O) groups is 2. The Morgan fingerprint density at radius 1 is 1.13 bits per heavy atom. The summed E-state index contributed by atoms with van der Waals surface area (Å²) in [6.07, 6.45) is 0. The molecule has 1 atom stereocenters. The molecule has 160 valence electrons. The number of nitrogens with zero attached hydrogens (tertiary/aromatic N) is 1. The Hall–Kier alpha value is -2.90. The van der Waals surface area contributed by atoms with Crippen LogP contribution in [-0.4, -0.2) is 43.8 Å². The van der Waals surface area contributed by atoms with Crippen molar-refractivity contribution in [2.75, 3.05) is 27.4 Å². The van der Waals surface area contributed by atoms with Crippen LogP contribution in [0.1, 0.15) is 50.8 Å². The van der Waals surface area contributed by atoms with Crippen LogP contribution in [0, 0.1) is 13.8 Å². The van der Waals surface area contributed by atoms with Crippen molar-refractivity contribution in [2.45, 2.75) is 33.4 Å². The van der Waals surface area contributed by atoms with Crippen molar-refractivity contribution in [1.82, 2.24) is 4.57 Å². The van der Waals surface area contributed by atoms with Gasteiger partial charge in [-0.2, -0.15) is 0 Å². The molecule has 0 saturated carbocycles. The van der Waals surface area contributed by atoms with Gasteiger partial charge in [0.25, 0.3) is 0 Å². The van der Waals surface area contributed by atoms with E-state index in [9.17, 15) is 9.59 Å². The molecule has 3 aromatic rings. The Morgan fingerprint density at radius 3 is 2.57 bits per heavy atom. The standard InChI is InChI=1S/C23H27NO6/c1-14-10-18(16(3)24(14)15(2)11-27-4)20(25)13-29-23(26)22-19(12-28-5)17-8-6-7-9-21(17)30-22/h6-10,15H,11-13H2,1-5H3/t15-/m0/s1. The van der Waals surface area contributed by atoms with Crippen LogP contribution in [-0.2, 0) is 20.8 Å². The van der Waals surface area contributed by atoms with Crippen molar-refractivity contribution < 1.29 is 28.2 Å². The number of rotatable bonds is 9. The monoisotopic (exact) mass is 413 g/mol. The van der Waals surface area contributed by atoms with Gasteiger partial charge >= 0.3 is 5.97 Å². The highest BCUT2D eigenvalue weighted by Crippen LogP contribution is 2.27. The number of benzene rings is 1. The van der Waals surface area contributed by atoms with Gasteiger partial charge in [0.05, 0.1) is 19.3 Å². The van der Waals surface area contributed by atoms with E-state index in [0.717, 1.165) is 16.8 Å². The van der Waals surface area contributed by atoms with Crippen molar-refractivity contribution in [3.63, 3.8) is 0 Å². The van der Waals surface area contributed by atoms with Gasteiger partial charge in [-0.05, 0) is 32.9 Å². The van der Waals surface area contributed by atoms with E-state index in [0.29, 0.717) is 23.3 Å². The number of ketones is 1. The molecule has 0 bridgehead atoms. The molecule has 0 radical (unpaired) electrons. The lowest BCUT2D eigenvalue weighted by Gasteiger charge is -2.17. The summed E-state index contributed by atoms with van der Waals surface area (Å²) in [5, 5.41) is 0.785.